The Bertz CT molecular complexity index is 968. The number of ether oxygens (including phenoxy) is 1. The number of nitrogens with one attached hydrogen (secondary N) is 2. The van der Waals surface area contributed by atoms with Gasteiger partial charge in [-0.2, -0.15) is 0 Å². The lowest BCUT2D eigenvalue weighted by Gasteiger charge is -2.27. The van der Waals surface area contributed by atoms with Crippen molar-refractivity contribution in [1.29, 1.82) is 5.41 Å². The molecule has 0 spiro atoms. The average molecular weight is 426 g/mol. The van der Waals surface area contributed by atoms with Crippen LogP contribution in [-0.4, -0.2) is 48.3 Å². The summed E-state index contributed by atoms with van der Waals surface area (Å²) in [5.74, 6) is -0.296. The van der Waals surface area contributed by atoms with Gasteiger partial charge < -0.3 is 21.2 Å². The molecule has 7 nitrogen and oxygen atoms in total. The van der Waals surface area contributed by atoms with Crippen LogP contribution in [0.2, 0.25) is 5.02 Å². The number of amides is 1. The molecule has 0 aliphatic carbocycles. The lowest BCUT2D eigenvalue weighted by molar-refractivity contribution is -0.111. The maximum Gasteiger partial charge on any atom is 0.248 e. The number of nitrogens with zero attached hydrogens (tertiary/aromatic N) is 2. The van der Waals surface area contributed by atoms with E-state index >= 15 is 0 Å². The van der Waals surface area contributed by atoms with Crippen LogP contribution in [0.25, 0.3) is 11.6 Å². The van der Waals surface area contributed by atoms with Gasteiger partial charge in [-0.05, 0) is 35.4 Å². The van der Waals surface area contributed by atoms with E-state index in [1.165, 1.54) is 12.3 Å². The van der Waals surface area contributed by atoms with Crippen molar-refractivity contribution in [3.8, 4) is 0 Å². The van der Waals surface area contributed by atoms with Gasteiger partial charge in [0.1, 0.15) is 0 Å². The molecule has 1 saturated heterocycles. The Morgan fingerprint density at radius 2 is 2.13 bits per heavy atom. The Kier molecular flexibility index (Phi) is 7.73. The van der Waals surface area contributed by atoms with Crippen molar-refractivity contribution in [2.24, 2.45) is 5.73 Å². The van der Waals surface area contributed by atoms with Gasteiger partial charge >= 0.3 is 0 Å². The Hall–Kier alpha value is -3.00. The second-order valence-electron chi connectivity index (χ2n) is 6.75. The predicted molar refractivity (Wildman–Crippen MR) is 120 cm³/mol. The largest absolute Gasteiger partial charge is 0.404 e. The topological polar surface area (TPSA) is 104 Å². The first-order valence-corrected chi connectivity index (χ1v) is 9.93. The predicted octanol–water partition coefficient (Wildman–Crippen LogP) is 3.17. The molecule has 8 heteroatoms. The molecule has 2 heterocycles. The van der Waals surface area contributed by atoms with Gasteiger partial charge in [-0.3, -0.25) is 14.7 Å². The second-order valence-corrected chi connectivity index (χ2v) is 7.15. The molecule has 1 amide bonds. The van der Waals surface area contributed by atoms with E-state index in [0.717, 1.165) is 50.2 Å². The number of hydrogen-bond acceptors (Lipinski definition) is 6. The molecular formula is C22H24ClN5O2. The summed E-state index contributed by atoms with van der Waals surface area (Å²) in [6, 6.07) is 7.27. The Labute approximate surface area is 180 Å². The Balaban J connectivity index is 1.65. The fraction of sp³-hybridized carbons (Fsp3) is 0.227. The quantitative estimate of drug-likeness (QED) is 0.467. The molecule has 156 valence electrons. The standard InChI is InChI=1S/C22H24ClN5O2/c23-21-11-19(3-1-17(21)15-28-7-9-30-10-8-28)27-22(29)4-2-16-14-26-6-5-20(16)18(12-24)13-25/h1-6,11-14,24H,7-10,15,25H2,(H,27,29)/b4-2+,18-13?,24-12?. The van der Waals surface area contributed by atoms with Crippen molar-refractivity contribution in [2.45, 2.75) is 6.54 Å². The molecule has 1 aliphatic rings. The van der Waals surface area contributed by atoms with Crippen LogP contribution in [0.5, 0.6) is 0 Å². The molecule has 30 heavy (non-hydrogen) atoms. The first-order valence-electron chi connectivity index (χ1n) is 9.55. The fourth-order valence-electron chi connectivity index (χ4n) is 3.12. The first kappa shape index (κ1) is 21.7. The molecular weight excluding hydrogens is 402 g/mol. The summed E-state index contributed by atoms with van der Waals surface area (Å²) in [7, 11) is 0. The molecule has 2 aromatic rings. The number of nitrogens with two attached hydrogens (primary N) is 1. The highest BCUT2D eigenvalue weighted by atomic mass is 35.5. The van der Waals surface area contributed by atoms with E-state index in [0.29, 0.717) is 21.8 Å². The van der Waals surface area contributed by atoms with Crippen molar-refractivity contribution in [2.75, 3.05) is 31.6 Å². The molecule has 0 radical (unpaired) electrons. The number of rotatable bonds is 7. The summed E-state index contributed by atoms with van der Waals surface area (Å²) >= 11 is 6.42. The van der Waals surface area contributed by atoms with Crippen LogP contribution in [0.15, 0.2) is 48.9 Å². The van der Waals surface area contributed by atoms with E-state index in [4.69, 9.17) is 27.5 Å². The summed E-state index contributed by atoms with van der Waals surface area (Å²) < 4.78 is 5.37. The van der Waals surface area contributed by atoms with Gasteiger partial charge in [0.25, 0.3) is 0 Å². The van der Waals surface area contributed by atoms with E-state index in [1.807, 2.05) is 12.1 Å². The van der Waals surface area contributed by atoms with Gasteiger partial charge in [0.05, 0.1) is 13.2 Å². The number of anilines is 1. The smallest absolute Gasteiger partial charge is 0.248 e. The normalized spacial score (nSPS) is 15.3. The van der Waals surface area contributed by atoms with E-state index in [1.54, 1.807) is 30.6 Å². The van der Waals surface area contributed by atoms with Crippen LogP contribution in [0.3, 0.4) is 0 Å². The number of allylic oxidation sites excluding steroid dienone is 1. The molecule has 0 unspecified atom stereocenters. The molecule has 0 atom stereocenters. The number of halogens is 1. The fourth-order valence-corrected chi connectivity index (χ4v) is 3.36. The van der Waals surface area contributed by atoms with Gasteiger partial charge in [0.2, 0.25) is 5.91 Å². The monoisotopic (exact) mass is 425 g/mol. The average Bonchev–Trinajstić information content (AvgIpc) is 2.76. The van der Waals surface area contributed by atoms with Crippen LogP contribution in [0, 0.1) is 5.41 Å². The number of hydrogen-bond donors (Lipinski definition) is 3. The third-order valence-electron chi connectivity index (χ3n) is 4.73. The second kappa shape index (κ2) is 10.7. The molecule has 1 aromatic carbocycles. The van der Waals surface area contributed by atoms with Crippen LogP contribution >= 0.6 is 11.6 Å². The number of carbonyl (C=O) groups is 1. The van der Waals surface area contributed by atoms with Crippen molar-refractivity contribution in [3.05, 3.63) is 70.6 Å². The highest BCUT2D eigenvalue weighted by Crippen LogP contribution is 2.23. The Morgan fingerprint density at radius 3 is 2.83 bits per heavy atom. The SMILES string of the molecule is N=CC(=CN)c1ccncc1/C=C/C(=O)Nc1ccc(CN2CCOCC2)c(Cl)c1. The molecule has 1 aliphatic heterocycles. The summed E-state index contributed by atoms with van der Waals surface area (Å²) in [6.45, 7) is 3.99. The van der Waals surface area contributed by atoms with Gasteiger partial charge in [-0.1, -0.05) is 17.7 Å². The van der Waals surface area contributed by atoms with Crippen molar-refractivity contribution < 1.29 is 9.53 Å². The molecule has 0 saturated carbocycles. The van der Waals surface area contributed by atoms with Crippen LogP contribution in [0.1, 0.15) is 16.7 Å². The molecule has 1 aromatic heterocycles. The van der Waals surface area contributed by atoms with Crippen molar-refractivity contribution in [3.63, 3.8) is 0 Å². The van der Waals surface area contributed by atoms with Gasteiger partial charge in [-0.25, -0.2) is 0 Å². The van der Waals surface area contributed by atoms with Gasteiger partial charge in [0.15, 0.2) is 0 Å². The minimum absolute atomic E-state index is 0.296. The van der Waals surface area contributed by atoms with E-state index in [9.17, 15) is 4.79 Å². The zero-order chi connectivity index (χ0) is 21.3. The van der Waals surface area contributed by atoms with E-state index in [-0.39, 0.29) is 5.91 Å². The highest BCUT2D eigenvalue weighted by molar-refractivity contribution is 6.31. The van der Waals surface area contributed by atoms with Gasteiger partial charge in [0, 0.05) is 72.4 Å². The van der Waals surface area contributed by atoms with Crippen LogP contribution in [0.4, 0.5) is 5.69 Å². The van der Waals surface area contributed by atoms with E-state index in [2.05, 4.69) is 15.2 Å². The molecule has 4 N–H and O–H groups in total. The zero-order valence-electron chi connectivity index (χ0n) is 16.5. The first-order chi connectivity index (χ1) is 14.6. The minimum atomic E-state index is -0.296. The number of pyridine rings is 1. The number of aromatic nitrogens is 1. The van der Waals surface area contributed by atoms with Crippen LogP contribution in [-0.2, 0) is 16.1 Å². The molecule has 3 rings (SSSR count). The lowest BCUT2D eigenvalue weighted by Crippen LogP contribution is -2.35. The Morgan fingerprint density at radius 1 is 1.33 bits per heavy atom. The van der Waals surface area contributed by atoms with Crippen molar-refractivity contribution >= 4 is 41.1 Å². The third-order valence-corrected chi connectivity index (χ3v) is 5.08. The zero-order valence-corrected chi connectivity index (χ0v) is 17.2. The third kappa shape index (κ3) is 5.76. The summed E-state index contributed by atoms with van der Waals surface area (Å²) in [5.41, 5.74) is 9.15. The summed E-state index contributed by atoms with van der Waals surface area (Å²) in [5, 5.41) is 10.9. The lowest BCUT2D eigenvalue weighted by atomic mass is 10.0. The molecule has 1 fully saturated rings. The van der Waals surface area contributed by atoms with E-state index < -0.39 is 0 Å². The maximum atomic E-state index is 12.4. The number of benzene rings is 1. The summed E-state index contributed by atoms with van der Waals surface area (Å²) in [6.07, 6.45) is 8.78. The van der Waals surface area contributed by atoms with Crippen molar-refractivity contribution in [1.82, 2.24) is 9.88 Å². The maximum absolute atomic E-state index is 12.4. The van der Waals surface area contributed by atoms with Gasteiger partial charge in [-0.15, -0.1) is 0 Å². The minimum Gasteiger partial charge on any atom is -0.404 e. The number of morpholine rings is 1. The highest BCUT2D eigenvalue weighted by Gasteiger charge is 2.13. The van der Waals surface area contributed by atoms with Crippen LogP contribution < -0.4 is 11.1 Å². The number of carbonyl (C=O) groups excluding carboxylic acids is 1. The molecule has 0 bridgehead atoms. The summed E-state index contributed by atoms with van der Waals surface area (Å²) in [4.78, 5) is 18.7.